The van der Waals surface area contributed by atoms with Gasteiger partial charge in [-0.15, -0.1) is 0 Å². The zero-order valence-corrected chi connectivity index (χ0v) is 21.3. The number of nitrogens with zero attached hydrogens (tertiary/aromatic N) is 2. The highest BCUT2D eigenvalue weighted by Crippen LogP contribution is 2.32. The van der Waals surface area contributed by atoms with Gasteiger partial charge in [-0.05, 0) is 53.7 Å². The Bertz CT molecular complexity index is 1280. The van der Waals surface area contributed by atoms with Gasteiger partial charge < -0.3 is 5.32 Å². The highest BCUT2D eigenvalue weighted by atomic mass is 35.5. The first kappa shape index (κ1) is 26.9. The van der Waals surface area contributed by atoms with Crippen LogP contribution in [-0.2, 0) is 14.8 Å². The van der Waals surface area contributed by atoms with Crippen LogP contribution >= 0.6 is 23.4 Å². The fourth-order valence-corrected chi connectivity index (χ4v) is 6.15. The van der Waals surface area contributed by atoms with Crippen molar-refractivity contribution in [2.45, 2.75) is 18.7 Å². The summed E-state index contributed by atoms with van der Waals surface area (Å²) in [4.78, 5) is 38.5. The van der Waals surface area contributed by atoms with Gasteiger partial charge in [-0.2, -0.15) is 4.31 Å². The third-order valence-electron chi connectivity index (χ3n) is 5.18. The van der Waals surface area contributed by atoms with Crippen molar-refractivity contribution in [2.75, 3.05) is 26.2 Å². The van der Waals surface area contributed by atoms with E-state index in [1.165, 1.54) is 52.8 Å². The average molecular weight is 540 g/mol. The maximum atomic E-state index is 13.1. The molecule has 12 heteroatoms. The fourth-order valence-electron chi connectivity index (χ4n) is 3.33. The maximum absolute atomic E-state index is 13.1. The Morgan fingerprint density at radius 1 is 1.14 bits per heavy atom. The van der Waals surface area contributed by atoms with Crippen molar-refractivity contribution in [3.8, 4) is 0 Å². The van der Waals surface area contributed by atoms with E-state index in [1.807, 2.05) is 0 Å². The van der Waals surface area contributed by atoms with Gasteiger partial charge in [0.05, 0.1) is 9.93 Å². The Kier molecular flexibility index (Phi) is 8.70. The molecule has 0 radical (unpaired) electrons. The molecule has 1 fully saturated rings. The average Bonchev–Trinajstić information content (AvgIpc) is 3.08. The van der Waals surface area contributed by atoms with Crippen LogP contribution in [-0.4, -0.2) is 60.9 Å². The fraction of sp³-hybridized carbons (Fsp3) is 0.261. The molecule has 35 heavy (non-hydrogen) atoms. The lowest BCUT2D eigenvalue weighted by Gasteiger charge is -2.19. The van der Waals surface area contributed by atoms with Crippen molar-refractivity contribution < 1.29 is 27.2 Å². The molecule has 1 aliphatic rings. The van der Waals surface area contributed by atoms with Gasteiger partial charge >= 0.3 is 0 Å². The molecule has 1 heterocycles. The predicted molar refractivity (Wildman–Crippen MR) is 133 cm³/mol. The first-order valence-corrected chi connectivity index (χ1v) is 13.3. The molecule has 2 aromatic carbocycles. The number of thioether (sulfide) groups is 1. The summed E-state index contributed by atoms with van der Waals surface area (Å²) in [5.41, 5.74) is 0.647. The first-order valence-electron chi connectivity index (χ1n) is 10.7. The number of benzene rings is 2. The second kappa shape index (κ2) is 11.3. The third-order valence-corrected chi connectivity index (χ3v) is 8.62. The normalized spacial score (nSPS) is 15.3. The SMILES string of the molecule is CCN(CC)S(=O)(=O)c1cc(C(=O)NCCN2C(=O)S/C(=C/c3ccc(F)cc3)C2=O)ccc1Cl. The lowest BCUT2D eigenvalue weighted by Crippen LogP contribution is -2.37. The second-order valence-corrected chi connectivity index (χ2v) is 10.7. The quantitative estimate of drug-likeness (QED) is 0.483. The van der Waals surface area contributed by atoms with Crippen LogP contribution in [0.1, 0.15) is 29.8 Å². The zero-order chi connectivity index (χ0) is 25.8. The van der Waals surface area contributed by atoms with Crippen LogP contribution in [0, 0.1) is 5.82 Å². The minimum Gasteiger partial charge on any atom is -0.350 e. The first-order chi connectivity index (χ1) is 16.6. The van der Waals surface area contributed by atoms with E-state index in [-0.39, 0.29) is 46.6 Å². The Balaban J connectivity index is 1.66. The summed E-state index contributed by atoms with van der Waals surface area (Å²) < 4.78 is 40.0. The van der Waals surface area contributed by atoms with Crippen molar-refractivity contribution in [2.24, 2.45) is 0 Å². The molecule has 0 aromatic heterocycles. The van der Waals surface area contributed by atoms with Gasteiger partial charge in [0.2, 0.25) is 10.0 Å². The van der Waals surface area contributed by atoms with Gasteiger partial charge in [-0.1, -0.05) is 37.6 Å². The molecule has 0 bridgehead atoms. The summed E-state index contributed by atoms with van der Waals surface area (Å²) in [6.07, 6.45) is 1.49. The number of hydrogen-bond acceptors (Lipinski definition) is 6. The summed E-state index contributed by atoms with van der Waals surface area (Å²) in [5.74, 6) is -1.51. The third kappa shape index (κ3) is 6.10. The van der Waals surface area contributed by atoms with Crippen molar-refractivity contribution in [3.05, 3.63) is 69.3 Å². The number of sulfonamides is 1. The second-order valence-electron chi connectivity index (χ2n) is 7.38. The van der Waals surface area contributed by atoms with Crippen molar-refractivity contribution >= 4 is 56.5 Å². The molecule has 1 saturated heterocycles. The van der Waals surface area contributed by atoms with Gasteiger partial charge in [-0.25, -0.2) is 12.8 Å². The van der Waals surface area contributed by atoms with E-state index in [2.05, 4.69) is 5.32 Å². The van der Waals surface area contributed by atoms with Gasteiger partial charge in [0.25, 0.3) is 17.1 Å². The number of halogens is 2. The van der Waals surface area contributed by atoms with Crippen molar-refractivity contribution in [1.29, 1.82) is 0 Å². The van der Waals surface area contributed by atoms with Crippen LogP contribution in [0.15, 0.2) is 52.3 Å². The van der Waals surface area contributed by atoms with Gasteiger partial charge in [-0.3, -0.25) is 19.3 Å². The highest BCUT2D eigenvalue weighted by Gasteiger charge is 2.34. The van der Waals surface area contributed by atoms with Crippen LogP contribution in [0.2, 0.25) is 5.02 Å². The summed E-state index contributed by atoms with van der Waals surface area (Å²) in [6.45, 7) is 3.78. The number of carbonyl (C=O) groups is 3. The number of amides is 3. The highest BCUT2D eigenvalue weighted by molar-refractivity contribution is 8.18. The minimum atomic E-state index is -3.88. The van der Waals surface area contributed by atoms with Crippen LogP contribution in [0.25, 0.3) is 6.08 Å². The van der Waals surface area contributed by atoms with Gasteiger partial charge in [0, 0.05) is 31.7 Å². The molecule has 0 spiro atoms. The van der Waals surface area contributed by atoms with E-state index < -0.39 is 32.9 Å². The van der Waals surface area contributed by atoms with Crippen LogP contribution < -0.4 is 5.32 Å². The molecule has 186 valence electrons. The van der Waals surface area contributed by atoms with Crippen LogP contribution in [0.4, 0.5) is 9.18 Å². The molecule has 1 aliphatic heterocycles. The monoisotopic (exact) mass is 539 g/mol. The van der Waals surface area contributed by atoms with Crippen LogP contribution in [0.3, 0.4) is 0 Å². The topological polar surface area (TPSA) is 104 Å². The Labute approximate surface area is 212 Å². The van der Waals surface area contributed by atoms with Gasteiger partial charge in [0.1, 0.15) is 10.7 Å². The van der Waals surface area contributed by atoms with Crippen molar-refractivity contribution in [3.63, 3.8) is 0 Å². The molecule has 0 aliphatic carbocycles. The summed E-state index contributed by atoms with van der Waals surface area (Å²) in [7, 11) is -3.88. The van der Waals surface area contributed by atoms with Crippen molar-refractivity contribution in [1.82, 2.24) is 14.5 Å². The number of carbonyl (C=O) groups excluding carboxylic acids is 3. The Morgan fingerprint density at radius 2 is 1.80 bits per heavy atom. The van der Waals surface area contributed by atoms with E-state index in [9.17, 15) is 27.2 Å². The largest absolute Gasteiger partial charge is 0.350 e. The molecular formula is C23H23ClFN3O5S2. The van der Waals surface area contributed by atoms with E-state index >= 15 is 0 Å². The van der Waals surface area contributed by atoms with E-state index in [4.69, 9.17) is 11.6 Å². The zero-order valence-electron chi connectivity index (χ0n) is 19.0. The predicted octanol–water partition coefficient (Wildman–Crippen LogP) is 3.98. The molecule has 0 atom stereocenters. The summed E-state index contributed by atoms with van der Waals surface area (Å²) in [5, 5.41) is 2.10. The molecule has 0 saturated carbocycles. The molecular weight excluding hydrogens is 517 g/mol. The Morgan fingerprint density at radius 3 is 2.43 bits per heavy atom. The number of hydrogen-bond donors (Lipinski definition) is 1. The molecule has 0 unspecified atom stereocenters. The van der Waals surface area contributed by atoms with E-state index in [1.54, 1.807) is 13.8 Å². The van der Waals surface area contributed by atoms with Gasteiger partial charge in [0.15, 0.2) is 0 Å². The molecule has 1 N–H and O–H groups in total. The molecule has 3 amide bonds. The molecule has 8 nitrogen and oxygen atoms in total. The summed E-state index contributed by atoms with van der Waals surface area (Å²) >= 11 is 6.86. The van der Waals surface area contributed by atoms with E-state index in [0.29, 0.717) is 5.56 Å². The van der Waals surface area contributed by atoms with Crippen LogP contribution in [0.5, 0.6) is 0 Å². The molecule has 3 rings (SSSR count). The summed E-state index contributed by atoms with van der Waals surface area (Å²) in [6, 6.07) is 9.42. The Hall–Kier alpha value is -2.73. The van der Waals surface area contributed by atoms with E-state index in [0.717, 1.165) is 16.7 Å². The lowest BCUT2D eigenvalue weighted by molar-refractivity contribution is -0.122. The minimum absolute atomic E-state index is 0.000735. The standard InChI is InChI=1S/C23H23ClFN3O5S2/c1-3-27(4-2)35(32,33)20-14-16(7-10-18(20)24)21(29)26-11-12-28-22(30)19(34-23(28)31)13-15-5-8-17(25)9-6-15/h5-10,13-14H,3-4,11-12H2,1-2H3,(H,26,29)/b19-13+. The number of rotatable bonds is 9. The lowest BCUT2D eigenvalue weighted by atomic mass is 10.2. The molecule has 2 aromatic rings. The smallest absolute Gasteiger partial charge is 0.293 e. The number of nitrogens with one attached hydrogen (secondary N) is 1. The number of imide groups is 1. The maximum Gasteiger partial charge on any atom is 0.293 e.